The lowest BCUT2D eigenvalue weighted by Gasteiger charge is -2.29. The molecule has 0 spiro atoms. The molecule has 0 aliphatic carbocycles. The molecule has 7 nitrogen and oxygen atoms in total. The third-order valence-corrected chi connectivity index (χ3v) is 6.89. The van der Waals surface area contributed by atoms with Gasteiger partial charge in [-0.05, 0) is 49.2 Å². The quantitative estimate of drug-likeness (QED) is 0.538. The molecule has 3 aromatic rings. The van der Waals surface area contributed by atoms with E-state index in [1.165, 1.54) is 22.5 Å². The maximum Gasteiger partial charge on any atom is 0.264 e. The number of rotatable bonds is 7. The zero-order chi connectivity index (χ0) is 22.7. The van der Waals surface area contributed by atoms with E-state index in [0.29, 0.717) is 28.7 Å². The van der Waals surface area contributed by atoms with Crippen LogP contribution < -0.4 is 14.4 Å². The Morgan fingerprint density at radius 3 is 2.62 bits per heavy atom. The average molecular weight is 456 g/mol. The first-order chi connectivity index (χ1) is 15.5. The van der Waals surface area contributed by atoms with Crippen LogP contribution in [-0.2, 0) is 4.74 Å². The number of morpholine rings is 1. The van der Waals surface area contributed by atoms with Crippen LogP contribution in [0.4, 0.5) is 5.13 Å². The molecule has 0 atom stereocenters. The van der Waals surface area contributed by atoms with E-state index in [1.807, 2.05) is 0 Å². The Labute approximate surface area is 192 Å². The number of thiazole rings is 1. The van der Waals surface area contributed by atoms with Crippen LogP contribution in [0.5, 0.6) is 11.5 Å². The fourth-order valence-electron chi connectivity index (χ4n) is 3.83. The number of methoxy groups -OCH3 is 2. The highest BCUT2D eigenvalue weighted by molar-refractivity contribution is 7.22. The largest absolute Gasteiger partial charge is 0.493 e. The Hall–Kier alpha value is -2.68. The number of carbonyl (C=O) groups is 1. The number of carbonyl (C=O) groups excluding carboxylic acids is 1. The van der Waals surface area contributed by atoms with Crippen molar-refractivity contribution in [3.8, 4) is 11.5 Å². The minimum Gasteiger partial charge on any atom is -0.493 e. The van der Waals surface area contributed by atoms with E-state index in [0.717, 1.165) is 43.1 Å². The lowest BCUT2D eigenvalue weighted by Crippen LogP contribution is -2.43. The van der Waals surface area contributed by atoms with Gasteiger partial charge in [-0.1, -0.05) is 17.4 Å². The highest BCUT2D eigenvalue weighted by Crippen LogP contribution is 2.35. The second kappa shape index (κ2) is 9.85. The van der Waals surface area contributed by atoms with Gasteiger partial charge in [-0.3, -0.25) is 14.6 Å². The zero-order valence-corrected chi connectivity index (χ0v) is 19.8. The Morgan fingerprint density at radius 2 is 1.91 bits per heavy atom. The van der Waals surface area contributed by atoms with Crippen molar-refractivity contribution in [2.45, 2.75) is 13.8 Å². The molecule has 0 N–H and O–H groups in total. The molecule has 1 saturated heterocycles. The van der Waals surface area contributed by atoms with Crippen molar-refractivity contribution in [3.05, 3.63) is 47.0 Å². The van der Waals surface area contributed by atoms with Gasteiger partial charge in [0.15, 0.2) is 16.6 Å². The summed E-state index contributed by atoms with van der Waals surface area (Å²) in [4.78, 5) is 22.7. The molecule has 2 aromatic carbocycles. The van der Waals surface area contributed by atoms with Crippen LogP contribution in [0.1, 0.15) is 21.5 Å². The van der Waals surface area contributed by atoms with E-state index in [1.54, 1.807) is 37.3 Å². The summed E-state index contributed by atoms with van der Waals surface area (Å²) >= 11 is 1.54. The topological polar surface area (TPSA) is 64.1 Å². The number of amides is 1. The Bertz CT molecular complexity index is 1070. The average Bonchev–Trinajstić information content (AvgIpc) is 3.21. The van der Waals surface area contributed by atoms with Gasteiger partial charge in [0.1, 0.15) is 0 Å². The standard InChI is InChI=1S/C24H29N3O4S/c1-16-14-19-21(15-17(16)2)32-24(25-19)27(9-8-26-10-12-31-13-11-26)23(28)18-6-5-7-20(29-3)22(18)30-4/h5-7,14-15H,8-13H2,1-4H3. The number of fused-ring (bicyclic) bond motifs is 1. The molecule has 8 heteroatoms. The molecule has 2 heterocycles. The van der Waals surface area contributed by atoms with E-state index < -0.39 is 0 Å². The van der Waals surface area contributed by atoms with Gasteiger partial charge in [-0.25, -0.2) is 4.98 Å². The summed E-state index contributed by atoms with van der Waals surface area (Å²) in [5, 5.41) is 0.688. The van der Waals surface area contributed by atoms with Gasteiger partial charge in [-0.2, -0.15) is 0 Å². The molecule has 1 fully saturated rings. The van der Waals surface area contributed by atoms with Crippen LogP contribution in [0.15, 0.2) is 30.3 Å². The van der Waals surface area contributed by atoms with Gasteiger partial charge in [0.05, 0.1) is 43.2 Å². The third-order valence-electron chi connectivity index (χ3n) is 5.85. The first-order valence-corrected chi connectivity index (χ1v) is 11.5. The predicted octanol–water partition coefficient (Wildman–Crippen LogP) is 3.91. The van der Waals surface area contributed by atoms with Gasteiger partial charge >= 0.3 is 0 Å². The van der Waals surface area contributed by atoms with Gasteiger partial charge in [0, 0.05) is 26.2 Å². The van der Waals surface area contributed by atoms with Crippen molar-refractivity contribution >= 4 is 32.6 Å². The maximum absolute atomic E-state index is 13.8. The summed E-state index contributed by atoms with van der Waals surface area (Å²) in [7, 11) is 3.12. The summed E-state index contributed by atoms with van der Waals surface area (Å²) in [5.74, 6) is 0.813. The van der Waals surface area contributed by atoms with Crippen molar-refractivity contribution in [2.75, 3.05) is 58.5 Å². The van der Waals surface area contributed by atoms with E-state index in [9.17, 15) is 4.79 Å². The van der Waals surface area contributed by atoms with Crippen LogP contribution in [0.3, 0.4) is 0 Å². The van der Waals surface area contributed by atoms with Crippen LogP contribution in [-0.4, -0.2) is 69.4 Å². The normalized spacial score (nSPS) is 14.5. The summed E-state index contributed by atoms with van der Waals surface area (Å²) in [6, 6.07) is 9.59. The summed E-state index contributed by atoms with van der Waals surface area (Å²) in [6.45, 7) is 8.61. The van der Waals surface area contributed by atoms with Gasteiger partial charge < -0.3 is 14.2 Å². The summed E-state index contributed by atoms with van der Waals surface area (Å²) in [5.41, 5.74) is 3.78. The Kier molecular flexibility index (Phi) is 6.93. The van der Waals surface area contributed by atoms with Crippen LogP contribution in [0.25, 0.3) is 10.2 Å². The molecule has 1 aliphatic heterocycles. The molecule has 32 heavy (non-hydrogen) atoms. The number of nitrogens with zero attached hydrogens (tertiary/aromatic N) is 3. The fourth-order valence-corrected chi connectivity index (χ4v) is 4.90. The van der Waals surface area contributed by atoms with E-state index in [2.05, 4.69) is 30.9 Å². The second-order valence-corrected chi connectivity index (χ2v) is 8.86. The zero-order valence-electron chi connectivity index (χ0n) is 19.0. The highest BCUT2D eigenvalue weighted by atomic mass is 32.1. The number of hydrogen-bond acceptors (Lipinski definition) is 7. The number of hydrogen-bond donors (Lipinski definition) is 0. The van der Waals surface area contributed by atoms with Crippen LogP contribution in [0.2, 0.25) is 0 Å². The summed E-state index contributed by atoms with van der Waals surface area (Å²) in [6.07, 6.45) is 0. The number of aryl methyl sites for hydroxylation is 2. The minimum atomic E-state index is -0.151. The third kappa shape index (κ3) is 4.57. The fraction of sp³-hybridized carbons (Fsp3) is 0.417. The smallest absolute Gasteiger partial charge is 0.264 e. The van der Waals surface area contributed by atoms with Gasteiger partial charge in [-0.15, -0.1) is 0 Å². The van der Waals surface area contributed by atoms with Crippen molar-refractivity contribution in [3.63, 3.8) is 0 Å². The van der Waals surface area contributed by atoms with Crippen molar-refractivity contribution in [1.29, 1.82) is 0 Å². The van der Waals surface area contributed by atoms with E-state index in [-0.39, 0.29) is 5.91 Å². The number of aromatic nitrogens is 1. The van der Waals surface area contributed by atoms with E-state index >= 15 is 0 Å². The molecule has 1 aliphatic rings. The molecule has 0 radical (unpaired) electrons. The number of ether oxygens (including phenoxy) is 3. The number of para-hydroxylation sites is 1. The molecule has 0 saturated carbocycles. The molecule has 170 valence electrons. The van der Waals surface area contributed by atoms with Crippen molar-refractivity contribution in [2.24, 2.45) is 0 Å². The van der Waals surface area contributed by atoms with Crippen molar-refractivity contribution < 1.29 is 19.0 Å². The Morgan fingerprint density at radius 1 is 1.16 bits per heavy atom. The first kappa shape index (κ1) is 22.5. The molecular formula is C24H29N3O4S. The van der Waals surface area contributed by atoms with Crippen LogP contribution >= 0.6 is 11.3 Å². The molecule has 4 rings (SSSR count). The predicted molar refractivity (Wildman–Crippen MR) is 128 cm³/mol. The van der Waals surface area contributed by atoms with E-state index in [4.69, 9.17) is 19.2 Å². The summed E-state index contributed by atoms with van der Waals surface area (Å²) < 4.78 is 17.5. The molecule has 1 amide bonds. The molecule has 0 unspecified atom stereocenters. The van der Waals surface area contributed by atoms with Gasteiger partial charge in [0.25, 0.3) is 5.91 Å². The monoisotopic (exact) mass is 455 g/mol. The number of anilines is 1. The molecule has 1 aromatic heterocycles. The first-order valence-electron chi connectivity index (χ1n) is 10.7. The highest BCUT2D eigenvalue weighted by Gasteiger charge is 2.26. The Balaban J connectivity index is 1.71. The van der Waals surface area contributed by atoms with Gasteiger partial charge in [0.2, 0.25) is 0 Å². The minimum absolute atomic E-state index is 0.151. The molecule has 0 bridgehead atoms. The molecular weight excluding hydrogens is 426 g/mol. The lowest BCUT2D eigenvalue weighted by molar-refractivity contribution is 0.0391. The maximum atomic E-state index is 13.8. The number of benzene rings is 2. The van der Waals surface area contributed by atoms with Crippen LogP contribution in [0, 0.1) is 13.8 Å². The lowest BCUT2D eigenvalue weighted by atomic mass is 10.1. The second-order valence-electron chi connectivity index (χ2n) is 7.85. The van der Waals surface area contributed by atoms with Crippen molar-refractivity contribution in [1.82, 2.24) is 9.88 Å². The SMILES string of the molecule is COc1cccc(C(=O)N(CCN2CCOCC2)c2nc3cc(C)c(C)cc3s2)c1OC.